The molecule has 0 spiro atoms. The Labute approximate surface area is 115 Å². The first kappa shape index (κ1) is 14.2. The van der Waals surface area contributed by atoms with Crippen molar-refractivity contribution in [1.82, 2.24) is 14.5 Å². The minimum absolute atomic E-state index is 0.139. The van der Waals surface area contributed by atoms with Gasteiger partial charge in [0.15, 0.2) is 0 Å². The Bertz CT molecular complexity index is 605. The largest absolute Gasteiger partial charge is 0.391 e. The highest BCUT2D eigenvalue weighted by atomic mass is 32.2. The van der Waals surface area contributed by atoms with Gasteiger partial charge in [0.1, 0.15) is 4.21 Å². The second-order valence-electron chi connectivity index (χ2n) is 3.90. The first-order valence-corrected chi connectivity index (χ1v) is 8.08. The van der Waals surface area contributed by atoms with Gasteiger partial charge in [-0.25, -0.2) is 13.1 Å². The molecular formula is C11H15N3O3S2. The topological polar surface area (TPSA) is 84.2 Å². The van der Waals surface area contributed by atoms with E-state index in [1.807, 2.05) is 12.3 Å². The molecule has 2 aromatic heterocycles. The number of rotatable bonds is 7. The highest BCUT2D eigenvalue weighted by molar-refractivity contribution is 7.91. The summed E-state index contributed by atoms with van der Waals surface area (Å²) in [6, 6.07) is 4.95. The Kier molecular flexibility index (Phi) is 4.70. The molecule has 19 heavy (non-hydrogen) atoms. The molecule has 2 N–H and O–H groups in total. The van der Waals surface area contributed by atoms with Crippen LogP contribution in [0, 0.1) is 0 Å². The van der Waals surface area contributed by atoms with Gasteiger partial charge in [0.25, 0.3) is 0 Å². The third kappa shape index (κ3) is 3.87. The van der Waals surface area contributed by atoms with Crippen LogP contribution in [0.2, 0.25) is 0 Å². The van der Waals surface area contributed by atoms with Crippen molar-refractivity contribution in [2.75, 3.05) is 6.54 Å². The van der Waals surface area contributed by atoms with E-state index in [1.165, 1.54) is 6.07 Å². The van der Waals surface area contributed by atoms with Crippen LogP contribution in [-0.2, 0) is 23.2 Å². The van der Waals surface area contributed by atoms with Crippen molar-refractivity contribution in [2.45, 2.75) is 23.8 Å². The molecule has 0 aliphatic rings. The summed E-state index contributed by atoms with van der Waals surface area (Å²) in [5.74, 6) is 0. The number of aliphatic hydroxyl groups excluding tert-OH is 1. The fraction of sp³-hybridized carbons (Fsp3) is 0.364. The van der Waals surface area contributed by atoms with E-state index < -0.39 is 10.0 Å². The van der Waals surface area contributed by atoms with Gasteiger partial charge in [-0.15, -0.1) is 11.3 Å². The summed E-state index contributed by atoms with van der Waals surface area (Å²) in [4.78, 5) is 0.636. The monoisotopic (exact) mass is 301 g/mol. The summed E-state index contributed by atoms with van der Waals surface area (Å²) >= 11 is 1.08. The standard InChI is InChI=1S/C11H15N3O3S2/c15-9-10-3-4-11(18-10)19(16,17)13-6-2-8-14-7-1-5-12-14/h1,3-5,7,13,15H,2,6,8-9H2. The van der Waals surface area contributed by atoms with Crippen molar-refractivity contribution in [3.8, 4) is 0 Å². The highest BCUT2D eigenvalue weighted by Gasteiger charge is 2.15. The van der Waals surface area contributed by atoms with Gasteiger partial charge in [0, 0.05) is 30.4 Å². The quantitative estimate of drug-likeness (QED) is 0.741. The van der Waals surface area contributed by atoms with Crippen molar-refractivity contribution >= 4 is 21.4 Å². The van der Waals surface area contributed by atoms with Crippen LogP contribution in [-0.4, -0.2) is 29.8 Å². The fourth-order valence-electron chi connectivity index (χ4n) is 1.54. The lowest BCUT2D eigenvalue weighted by Crippen LogP contribution is -2.24. The van der Waals surface area contributed by atoms with E-state index in [4.69, 9.17) is 5.11 Å². The molecule has 0 unspecified atom stereocenters. The minimum atomic E-state index is -3.46. The molecule has 0 saturated carbocycles. The summed E-state index contributed by atoms with van der Waals surface area (Å²) < 4.78 is 28.4. The maximum Gasteiger partial charge on any atom is 0.250 e. The second-order valence-corrected chi connectivity index (χ2v) is 7.06. The Morgan fingerprint density at radius 3 is 2.89 bits per heavy atom. The van der Waals surface area contributed by atoms with E-state index in [2.05, 4.69) is 9.82 Å². The predicted molar refractivity (Wildman–Crippen MR) is 72.3 cm³/mol. The number of nitrogens with zero attached hydrogens (tertiary/aromatic N) is 2. The Morgan fingerprint density at radius 1 is 1.42 bits per heavy atom. The number of thiophene rings is 1. The lowest BCUT2D eigenvalue weighted by molar-refractivity contribution is 0.285. The third-order valence-corrected chi connectivity index (χ3v) is 5.50. The maximum absolute atomic E-state index is 11.9. The number of aromatic nitrogens is 2. The Morgan fingerprint density at radius 2 is 2.26 bits per heavy atom. The zero-order valence-corrected chi connectivity index (χ0v) is 11.8. The van der Waals surface area contributed by atoms with E-state index in [9.17, 15) is 8.42 Å². The first-order chi connectivity index (χ1) is 9.12. The molecule has 104 valence electrons. The summed E-state index contributed by atoms with van der Waals surface area (Å²) in [7, 11) is -3.46. The number of aliphatic hydroxyl groups is 1. The van der Waals surface area contributed by atoms with Crippen molar-refractivity contribution in [3.63, 3.8) is 0 Å². The van der Waals surface area contributed by atoms with Crippen LogP contribution in [0.4, 0.5) is 0 Å². The van der Waals surface area contributed by atoms with Crippen LogP contribution >= 0.6 is 11.3 Å². The van der Waals surface area contributed by atoms with E-state index in [0.717, 1.165) is 11.3 Å². The second kappa shape index (κ2) is 6.29. The van der Waals surface area contributed by atoms with Crippen LogP contribution in [0.25, 0.3) is 0 Å². The van der Waals surface area contributed by atoms with Crippen LogP contribution in [0.15, 0.2) is 34.8 Å². The molecule has 6 nitrogen and oxygen atoms in total. The summed E-state index contributed by atoms with van der Waals surface area (Å²) in [5, 5.41) is 13.0. The maximum atomic E-state index is 11.9. The third-order valence-electron chi connectivity index (χ3n) is 2.47. The number of nitrogens with one attached hydrogen (secondary N) is 1. The van der Waals surface area contributed by atoms with Crippen LogP contribution in [0.1, 0.15) is 11.3 Å². The molecule has 0 aliphatic carbocycles. The molecule has 8 heteroatoms. The molecular weight excluding hydrogens is 286 g/mol. The lowest BCUT2D eigenvalue weighted by Gasteiger charge is -2.04. The number of hydrogen-bond acceptors (Lipinski definition) is 5. The van der Waals surface area contributed by atoms with Crippen molar-refractivity contribution in [1.29, 1.82) is 0 Å². The smallest absolute Gasteiger partial charge is 0.250 e. The zero-order valence-electron chi connectivity index (χ0n) is 10.2. The van der Waals surface area contributed by atoms with Gasteiger partial charge in [-0.3, -0.25) is 4.68 Å². The highest BCUT2D eigenvalue weighted by Crippen LogP contribution is 2.21. The normalized spacial score (nSPS) is 11.8. The Hall–Kier alpha value is -1.22. The van der Waals surface area contributed by atoms with Gasteiger partial charge >= 0.3 is 0 Å². The molecule has 0 fully saturated rings. The molecule has 0 radical (unpaired) electrons. The van der Waals surface area contributed by atoms with E-state index in [0.29, 0.717) is 24.4 Å². The molecule has 0 saturated heterocycles. The molecule has 2 heterocycles. The predicted octanol–water partition coefficient (Wildman–Crippen LogP) is 0.805. The molecule has 2 rings (SSSR count). The lowest BCUT2D eigenvalue weighted by atomic mass is 10.4. The number of hydrogen-bond donors (Lipinski definition) is 2. The Balaban J connectivity index is 1.84. The summed E-state index contributed by atoms with van der Waals surface area (Å²) in [5.41, 5.74) is 0. The van der Waals surface area contributed by atoms with Crippen molar-refractivity contribution in [2.24, 2.45) is 0 Å². The first-order valence-electron chi connectivity index (χ1n) is 5.78. The number of aryl methyl sites for hydroxylation is 1. The van der Waals surface area contributed by atoms with Crippen molar-refractivity contribution < 1.29 is 13.5 Å². The summed E-state index contributed by atoms with van der Waals surface area (Å²) in [6.07, 6.45) is 4.19. The SMILES string of the molecule is O=S(=O)(NCCCn1cccn1)c1ccc(CO)s1. The van der Waals surface area contributed by atoms with Crippen LogP contribution in [0.3, 0.4) is 0 Å². The van der Waals surface area contributed by atoms with Crippen LogP contribution < -0.4 is 4.72 Å². The average Bonchev–Trinajstić information content (AvgIpc) is 3.05. The van der Waals surface area contributed by atoms with Crippen molar-refractivity contribution in [3.05, 3.63) is 35.5 Å². The van der Waals surface area contributed by atoms with Gasteiger partial charge in [-0.2, -0.15) is 5.10 Å². The molecule has 0 bridgehead atoms. The van der Waals surface area contributed by atoms with Crippen LogP contribution in [0.5, 0.6) is 0 Å². The molecule has 2 aromatic rings. The van der Waals surface area contributed by atoms with E-state index in [1.54, 1.807) is 16.9 Å². The number of sulfonamides is 1. The fourth-order valence-corrected chi connectivity index (χ4v) is 3.87. The molecule has 0 aromatic carbocycles. The minimum Gasteiger partial charge on any atom is -0.391 e. The summed E-state index contributed by atoms with van der Waals surface area (Å²) in [6.45, 7) is 0.885. The van der Waals surface area contributed by atoms with E-state index >= 15 is 0 Å². The molecule has 0 aliphatic heterocycles. The van der Waals surface area contributed by atoms with Gasteiger partial charge in [-0.1, -0.05) is 0 Å². The molecule has 0 atom stereocenters. The zero-order chi connectivity index (χ0) is 13.7. The van der Waals surface area contributed by atoms with Gasteiger partial charge in [0.2, 0.25) is 10.0 Å². The van der Waals surface area contributed by atoms with Gasteiger partial charge < -0.3 is 5.11 Å². The van der Waals surface area contributed by atoms with Gasteiger partial charge in [0.05, 0.1) is 6.61 Å². The van der Waals surface area contributed by atoms with Gasteiger partial charge in [-0.05, 0) is 24.6 Å². The average molecular weight is 301 g/mol. The van der Waals surface area contributed by atoms with E-state index in [-0.39, 0.29) is 10.8 Å². The molecule has 0 amide bonds.